The molecular weight excluding hydrogens is 1860 g/mol. The standard InChI is InChI=1S/C19H21N3O2.C18H18ClN3O2.C18H18ClN3O.2C17H16ClN3O2.C17H16ClN3O/c1-13-3-6-17-15(11-13)19(22-9-7-21(2)8-10-22)20-16-5-4-14(23)12-18(16)24-17;1-21-6-8-22(9-7-21)18-14-10-12(19)2-4-16(14)24-17-5-3-13(23)11-15(17)20-18;1-21-8-10-22(11-9-21)18-14-12-13(19)6-7-16(14)23-17-5-3-2-4-15(17)20-18;18-11-1-4-15-13(9-11)17(21-7-5-19-6-8-21)20-14-3-2-12(22)10-16(14)23-15;18-11-1-3-15-13(9-11)17(21-7-5-19-6-8-21)20-14-10-12(22)2-4-16(14)23-15;18-12-5-6-15-13(11-12)17(21-9-7-19-8-10-21)20-14-3-1-2-4-16(14)22-15/h3-6,11-12,23H,7-10H2,1-2H3;2-5,10-11,23H,6-9H2,1H3;2-7,12H,8-11H2,1H3;2*1-4,9-10,19,22H,5-8H2;1-6,11,19H,7-10H2. The predicted octanol–water partition coefficient (Wildman–Crippen LogP) is 20.1. The van der Waals surface area contributed by atoms with Crippen LogP contribution in [0, 0.1) is 6.92 Å². The molecule has 24 rings (SSSR count). The van der Waals surface area contributed by atoms with Gasteiger partial charge in [0.25, 0.3) is 0 Å². The van der Waals surface area contributed by atoms with Gasteiger partial charge >= 0.3 is 0 Å². The van der Waals surface area contributed by atoms with E-state index in [0.29, 0.717) is 70.9 Å². The van der Waals surface area contributed by atoms with E-state index in [1.165, 1.54) is 5.56 Å². The molecule has 0 radical (unpaired) electrons. The van der Waals surface area contributed by atoms with Gasteiger partial charge in [0.15, 0.2) is 34.5 Å². The summed E-state index contributed by atoms with van der Waals surface area (Å²) < 4.78 is 36.2. The Morgan fingerprint density at radius 1 is 0.223 bits per heavy atom. The van der Waals surface area contributed by atoms with Gasteiger partial charge in [-0.3, -0.25) is 0 Å². The molecule has 12 aromatic carbocycles. The minimum atomic E-state index is 0.153. The number of likely N-dealkylation sites (N-methyl/N-ethyl adjacent to an activating group) is 3. The molecule has 28 nitrogen and oxygen atoms in total. The highest BCUT2D eigenvalue weighted by Gasteiger charge is 2.34. The molecule has 0 atom stereocenters. The number of rotatable bonds is 0. The first-order valence-corrected chi connectivity index (χ1v) is 48.4. The van der Waals surface area contributed by atoms with Gasteiger partial charge in [-0.05, 0) is 204 Å². The number of fused-ring (bicyclic) bond motifs is 12. The summed E-state index contributed by atoms with van der Waals surface area (Å²) in [6.45, 7) is 24.5. The summed E-state index contributed by atoms with van der Waals surface area (Å²) in [5.74, 6) is 14.5. The smallest absolute Gasteiger partial charge is 0.156 e. The first-order chi connectivity index (χ1) is 67.6. The summed E-state index contributed by atoms with van der Waals surface area (Å²) in [6.07, 6.45) is 0. The molecule has 12 heterocycles. The van der Waals surface area contributed by atoms with Crippen LogP contribution in [0.5, 0.6) is 92.0 Å². The highest BCUT2D eigenvalue weighted by atomic mass is 35.5. The van der Waals surface area contributed by atoms with E-state index in [-0.39, 0.29) is 23.0 Å². The van der Waals surface area contributed by atoms with Gasteiger partial charge in [-0.2, -0.15) is 0 Å². The molecule has 0 unspecified atom stereocenters. The van der Waals surface area contributed by atoms with Crippen molar-refractivity contribution >= 4 is 127 Å². The summed E-state index contributed by atoms with van der Waals surface area (Å²) in [4.78, 5) is 49.7. The van der Waals surface area contributed by atoms with Crippen LogP contribution >= 0.6 is 58.0 Å². The largest absolute Gasteiger partial charge is 0.508 e. The highest BCUT2D eigenvalue weighted by molar-refractivity contribution is 6.33. The van der Waals surface area contributed by atoms with Gasteiger partial charge in [0.1, 0.15) is 127 Å². The van der Waals surface area contributed by atoms with Crippen molar-refractivity contribution < 1.29 is 48.8 Å². The Kier molecular flexibility index (Phi) is 29.2. The molecule has 0 amide bonds. The number of aliphatic imine (C=N–C) groups is 6. The molecule has 0 aliphatic carbocycles. The number of nitrogens with zero attached hydrogens (tertiary/aromatic N) is 15. The minimum Gasteiger partial charge on any atom is -0.508 e. The molecule has 33 heteroatoms. The fraction of sp³-hybridized carbons (Fsp3) is 0.264. The van der Waals surface area contributed by atoms with Gasteiger partial charge in [0, 0.05) is 206 Å². The van der Waals surface area contributed by atoms with Gasteiger partial charge in [0.2, 0.25) is 0 Å². The molecule has 714 valence electrons. The van der Waals surface area contributed by atoms with E-state index in [1.54, 1.807) is 84.9 Å². The Morgan fingerprint density at radius 2 is 0.446 bits per heavy atom. The number of hydrogen-bond acceptors (Lipinski definition) is 28. The van der Waals surface area contributed by atoms with Crippen molar-refractivity contribution in [1.29, 1.82) is 0 Å². The second-order valence-corrected chi connectivity index (χ2v) is 37.2. The molecule has 12 aliphatic rings. The molecule has 6 saturated heterocycles. The number of benzene rings is 12. The van der Waals surface area contributed by atoms with Gasteiger partial charge in [-0.25, -0.2) is 30.0 Å². The fourth-order valence-electron chi connectivity index (χ4n) is 17.6. The van der Waals surface area contributed by atoms with Crippen LogP contribution in [0.4, 0.5) is 34.1 Å². The van der Waals surface area contributed by atoms with E-state index in [9.17, 15) is 20.4 Å². The number of halogens is 5. The van der Waals surface area contributed by atoms with Crippen LogP contribution in [-0.2, 0) is 0 Å². The average molecular weight is 1970 g/mol. The van der Waals surface area contributed by atoms with E-state index >= 15 is 0 Å². The number of phenolic OH excluding ortho intramolecular Hbond substituents is 4. The lowest BCUT2D eigenvalue weighted by atomic mass is 10.1. The third-order valence-electron chi connectivity index (χ3n) is 25.1. The van der Waals surface area contributed by atoms with Crippen molar-refractivity contribution in [2.75, 3.05) is 178 Å². The maximum atomic E-state index is 9.81. The topological polar surface area (TPSA) is 276 Å². The summed E-state index contributed by atoms with van der Waals surface area (Å²) in [6, 6.07) is 69.9. The second kappa shape index (κ2) is 43.0. The lowest BCUT2D eigenvalue weighted by Gasteiger charge is -2.34. The Balaban J connectivity index is 0.000000106. The number of nitrogens with one attached hydrogen (secondary N) is 3. The van der Waals surface area contributed by atoms with Crippen LogP contribution < -0.4 is 44.4 Å². The van der Waals surface area contributed by atoms with Crippen molar-refractivity contribution in [2.45, 2.75) is 6.92 Å². The number of amidine groups is 6. The van der Waals surface area contributed by atoms with E-state index in [0.717, 1.165) is 283 Å². The van der Waals surface area contributed by atoms with Crippen LogP contribution in [0.2, 0.25) is 25.1 Å². The van der Waals surface area contributed by atoms with Crippen LogP contribution in [0.1, 0.15) is 38.9 Å². The lowest BCUT2D eigenvalue weighted by molar-refractivity contribution is 0.215. The summed E-state index contributed by atoms with van der Waals surface area (Å²) in [5, 5.41) is 52.4. The first kappa shape index (κ1) is 94.6. The molecule has 139 heavy (non-hydrogen) atoms. The van der Waals surface area contributed by atoms with Crippen molar-refractivity contribution in [2.24, 2.45) is 30.0 Å². The molecule has 0 spiro atoms. The lowest BCUT2D eigenvalue weighted by Crippen LogP contribution is -2.47. The summed E-state index contributed by atoms with van der Waals surface area (Å²) in [7, 11) is 6.41. The van der Waals surface area contributed by atoms with Crippen LogP contribution in [0.3, 0.4) is 0 Å². The Hall–Kier alpha value is -13.3. The van der Waals surface area contributed by atoms with Gasteiger partial charge < -0.3 is 109 Å². The summed E-state index contributed by atoms with van der Waals surface area (Å²) >= 11 is 31.0. The van der Waals surface area contributed by atoms with Crippen LogP contribution in [0.25, 0.3) is 0 Å². The maximum Gasteiger partial charge on any atom is 0.156 e. The van der Waals surface area contributed by atoms with E-state index in [2.05, 4.69) is 94.2 Å². The number of piperazine rings is 6. The second-order valence-electron chi connectivity index (χ2n) is 35.1. The zero-order valence-electron chi connectivity index (χ0n) is 77.2. The van der Waals surface area contributed by atoms with Crippen LogP contribution in [0.15, 0.2) is 260 Å². The third kappa shape index (κ3) is 22.5. The SMILES string of the molecule is CN1CCN(C2=Nc3cc(O)ccc3Oc3ccc(Cl)cc32)CC1.CN1CCN(C2=Nc3ccccc3Oc3ccc(Cl)cc32)CC1.Cc1ccc2c(c1)C(N1CCN(C)CC1)=Nc1ccc(O)cc1O2.Clc1ccc2c(c1)C(N1CCNCC1)=Nc1ccccc1O2.Oc1ccc2c(c1)N=C(N1CCNCC1)c1cc(Cl)ccc1O2.Oc1ccc2c(c1)Oc1ccc(Cl)cc1C(N1CCNCC1)=N2. The number of aryl methyl sites for hydroxylation is 1. The van der Waals surface area contributed by atoms with Gasteiger partial charge in [-0.1, -0.05) is 93.9 Å². The van der Waals surface area contributed by atoms with Crippen molar-refractivity contribution in [1.82, 2.24) is 60.0 Å². The molecule has 12 aromatic rings. The number of aromatic hydroxyl groups is 4. The van der Waals surface area contributed by atoms with Gasteiger partial charge in [0.05, 0.1) is 33.4 Å². The molecule has 6 fully saturated rings. The number of para-hydroxylation sites is 4. The number of ether oxygens (including phenoxy) is 6. The van der Waals surface area contributed by atoms with E-state index in [4.69, 9.17) is 116 Å². The number of hydrogen-bond donors (Lipinski definition) is 7. The Bertz CT molecular complexity index is 6760. The molecule has 0 bridgehead atoms. The number of phenols is 4. The first-order valence-electron chi connectivity index (χ1n) is 46.5. The fourth-order valence-corrected chi connectivity index (χ4v) is 18.5. The molecule has 12 aliphatic heterocycles. The quantitative estimate of drug-likeness (QED) is 0.0743. The highest BCUT2D eigenvalue weighted by Crippen LogP contribution is 2.48. The molecule has 0 aromatic heterocycles. The maximum absolute atomic E-state index is 9.81. The third-order valence-corrected chi connectivity index (χ3v) is 26.3. The van der Waals surface area contributed by atoms with Gasteiger partial charge in [-0.15, -0.1) is 0 Å². The Labute approximate surface area is 832 Å². The average Bonchev–Trinajstić information content (AvgIpc) is 1.67. The van der Waals surface area contributed by atoms with Crippen molar-refractivity contribution in [3.8, 4) is 92.0 Å². The molecule has 0 saturated carbocycles. The van der Waals surface area contributed by atoms with Crippen molar-refractivity contribution in [3.63, 3.8) is 0 Å². The minimum absolute atomic E-state index is 0.153. The monoisotopic (exact) mass is 1960 g/mol. The molecular formula is C106H105Cl5N18O10. The zero-order valence-corrected chi connectivity index (χ0v) is 81.0. The Morgan fingerprint density at radius 3 is 0.748 bits per heavy atom. The molecule has 7 N–H and O–H groups in total. The summed E-state index contributed by atoms with van der Waals surface area (Å²) in [5.41, 5.74) is 11.1. The van der Waals surface area contributed by atoms with Crippen LogP contribution in [-0.4, -0.2) is 278 Å². The normalized spacial score (nSPS) is 17.2. The van der Waals surface area contributed by atoms with E-state index < -0.39 is 0 Å². The van der Waals surface area contributed by atoms with E-state index in [1.807, 2.05) is 140 Å². The predicted molar refractivity (Wildman–Crippen MR) is 552 cm³/mol. The zero-order chi connectivity index (χ0) is 95.7. The van der Waals surface area contributed by atoms with Crippen molar-refractivity contribution in [3.05, 3.63) is 295 Å².